The second-order valence-electron chi connectivity index (χ2n) is 11.5. The molecule has 5 N–H and O–H groups in total. The zero-order valence-electron chi connectivity index (χ0n) is 26.5. The number of rotatable bonds is 14. The highest BCUT2D eigenvalue weighted by Crippen LogP contribution is 2.38. The summed E-state index contributed by atoms with van der Waals surface area (Å²) in [4.78, 5) is 44.2. The first-order valence-corrected chi connectivity index (χ1v) is 17.6. The third-order valence-corrected chi connectivity index (χ3v) is 8.96. The fraction of sp³-hybridized carbons (Fsp3) is 0.273. The van der Waals surface area contributed by atoms with Crippen LogP contribution in [-0.4, -0.2) is 66.4 Å². The number of anilines is 2. The molecule has 4 rings (SSSR count). The Hall–Kier alpha value is -4.86. The van der Waals surface area contributed by atoms with Crippen molar-refractivity contribution in [2.45, 2.75) is 32.6 Å². The molecule has 0 unspecified atom stereocenters. The van der Waals surface area contributed by atoms with E-state index in [2.05, 4.69) is 15.6 Å². The number of thiophene rings is 1. The lowest BCUT2D eigenvalue weighted by molar-refractivity contribution is -0.122. The third kappa shape index (κ3) is 10.3. The van der Waals surface area contributed by atoms with Crippen molar-refractivity contribution in [1.82, 2.24) is 15.2 Å². The Balaban J connectivity index is 1.54. The van der Waals surface area contributed by atoms with Crippen molar-refractivity contribution in [3.05, 3.63) is 101 Å². The van der Waals surface area contributed by atoms with E-state index in [0.29, 0.717) is 21.1 Å². The number of nitrogens with one attached hydrogen (secondary N) is 2. The van der Waals surface area contributed by atoms with Gasteiger partial charge in [0.05, 0.1) is 29.2 Å². The zero-order valence-corrected chi connectivity index (χ0v) is 28.2. The summed E-state index contributed by atoms with van der Waals surface area (Å²) in [5.41, 5.74) is 6.18. The lowest BCUT2D eigenvalue weighted by Gasteiger charge is -2.22. The molecular weight excluding hydrogens is 662 g/mol. The van der Waals surface area contributed by atoms with E-state index in [9.17, 15) is 27.9 Å². The molecule has 0 atom stereocenters. The van der Waals surface area contributed by atoms with Crippen molar-refractivity contribution >= 4 is 49.9 Å². The molecule has 0 fully saturated rings. The first kappa shape index (κ1) is 36.0. The normalized spacial score (nSPS) is 11.5. The number of carbonyl (C=O) groups is 3. The summed E-state index contributed by atoms with van der Waals surface area (Å²) in [7, 11) is -3.31. The molecule has 0 saturated carbocycles. The van der Waals surface area contributed by atoms with Gasteiger partial charge in [0.1, 0.15) is 39.6 Å². The highest BCUT2D eigenvalue weighted by atomic mass is 32.2. The summed E-state index contributed by atoms with van der Waals surface area (Å²) in [6.07, 6.45) is 0.255. The maximum absolute atomic E-state index is 15.1. The molecule has 15 heteroatoms. The molecule has 48 heavy (non-hydrogen) atoms. The molecule has 2 aromatic carbocycles. The van der Waals surface area contributed by atoms with Crippen LogP contribution in [-0.2, 0) is 38.1 Å². The number of primary amides is 1. The number of halogens is 1. The van der Waals surface area contributed by atoms with Gasteiger partial charge in [-0.1, -0.05) is 48.5 Å². The van der Waals surface area contributed by atoms with Gasteiger partial charge in [0.25, 0.3) is 5.91 Å². The van der Waals surface area contributed by atoms with Gasteiger partial charge in [-0.2, -0.15) is 0 Å². The van der Waals surface area contributed by atoms with Gasteiger partial charge in [-0.3, -0.25) is 14.5 Å². The van der Waals surface area contributed by atoms with Gasteiger partial charge in [-0.15, -0.1) is 11.3 Å². The van der Waals surface area contributed by atoms with E-state index in [4.69, 9.17) is 10.5 Å². The second kappa shape index (κ2) is 15.4. The number of amides is 3. The molecule has 2 heterocycles. The lowest BCUT2D eigenvalue weighted by atomic mass is 9.96. The van der Waals surface area contributed by atoms with E-state index >= 15 is 4.39 Å². The Morgan fingerprint density at radius 2 is 1.79 bits per heavy atom. The van der Waals surface area contributed by atoms with Crippen molar-refractivity contribution in [2.75, 3.05) is 30.4 Å². The van der Waals surface area contributed by atoms with Gasteiger partial charge in [-0.05, 0) is 49.2 Å². The minimum Gasteiger partial charge on any atom is -0.445 e. The molecule has 0 saturated heterocycles. The molecule has 0 aliphatic rings. The Morgan fingerprint density at radius 3 is 2.44 bits per heavy atom. The maximum atomic E-state index is 15.1. The molecule has 0 aliphatic heterocycles. The molecule has 12 nitrogen and oxygen atoms in total. The average molecular weight is 698 g/mol. The Morgan fingerprint density at radius 1 is 1.06 bits per heavy atom. The number of nitrogens with two attached hydrogens (primary N) is 1. The van der Waals surface area contributed by atoms with Gasteiger partial charge in [0.15, 0.2) is 0 Å². The van der Waals surface area contributed by atoms with Crippen LogP contribution in [0.25, 0.3) is 10.4 Å². The molecule has 2 aromatic heterocycles. The summed E-state index contributed by atoms with van der Waals surface area (Å²) in [5, 5.41) is 16.1. The van der Waals surface area contributed by atoms with Crippen LogP contribution in [0, 0.1) is 5.82 Å². The number of pyridine rings is 1. The van der Waals surface area contributed by atoms with E-state index in [1.165, 1.54) is 18.2 Å². The zero-order chi connectivity index (χ0) is 35.1. The fourth-order valence-electron chi connectivity index (χ4n) is 4.44. The predicted octanol–water partition coefficient (Wildman–Crippen LogP) is 4.32. The topological polar surface area (TPSA) is 181 Å². The maximum Gasteiger partial charge on any atom is 0.410 e. The summed E-state index contributed by atoms with van der Waals surface area (Å²) >= 11 is 1.08. The minimum atomic E-state index is -3.31. The number of carbonyl (C=O) groups excluding carboxylic acids is 3. The number of hydrogen-bond donors (Lipinski definition) is 4. The number of aromatic nitrogens is 1. The summed E-state index contributed by atoms with van der Waals surface area (Å²) in [6.45, 7) is 2.34. The van der Waals surface area contributed by atoms with Gasteiger partial charge < -0.3 is 26.2 Å². The monoisotopic (exact) mass is 697 g/mol. The van der Waals surface area contributed by atoms with E-state index < -0.39 is 45.7 Å². The average Bonchev–Trinajstić information content (AvgIpc) is 3.42. The molecule has 0 spiro atoms. The Bertz CT molecular complexity index is 1890. The van der Waals surface area contributed by atoms with Crippen LogP contribution in [0.4, 0.5) is 20.0 Å². The van der Waals surface area contributed by atoms with E-state index in [-0.39, 0.29) is 42.4 Å². The SMILES string of the molecule is CC(C)(O)c1ccc(-c2cc(C(N)=O)c(Nc3cccc(CN(CC(=O)NCCS(C)(=O)=O)C(=O)OCc4ccccc4)n3)s2)c(F)c1. The van der Waals surface area contributed by atoms with Crippen LogP contribution < -0.4 is 16.4 Å². The highest BCUT2D eigenvalue weighted by Gasteiger charge is 2.23. The summed E-state index contributed by atoms with van der Waals surface area (Å²) < 4.78 is 43.4. The number of hydrogen-bond acceptors (Lipinski definition) is 10. The lowest BCUT2D eigenvalue weighted by Crippen LogP contribution is -2.41. The molecule has 0 aliphatic carbocycles. The number of ether oxygens (including phenoxy) is 1. The van der Waals surface area contributed by atoms with E-state index in [1.54, 1.807) is 62.4 Å². The van der Waals surface area contributed by atoms with Gasteiger partial charge in [0, 0.05) is 23.2 Å². The molecule has 0 radical (unpaired) electrons. The Kier molecular flexibility index (Phi) is 11.5. The molecule has 254 valence electrons. The molecule has 0 bridgehead atoms. The van der Waals surface area contributed by atoms with Crippen LogP contribution in [0.1, 0.15) is 41.0 Å². The number of aliphatic hydroxyl groups is 1. The first-order chi connectivity index (χ1) is 22.6. The van der Waals surface area contributed by atoms with E-state index in [0.717, 1.165) is 28.1 Å². The van der Waals surface area contributed by atoms with Gasteiger partial charge >= 0.3 is 6.09 Å². The number of sulfone groups is 1. The van der Waals surface area contributed by atoms with Crippen LogP contribution in [0.3, 0.4) is 0 Å². The standard InChI is InChI=1S/C33H36FN5O7S2/c1-33(2,43)22-12-13-24(26(34)16-22)27-17-25(30(35)41)31(47-27)38-28-11-7-10-23(37-28)18-39(19-29(40)36-14-15-48(3,44)45)32(42)46-20-21-8-5-4-6-9-21/h4-13,16-17,43H,14-15,18-20H2,1-3H3,(H2,35,41)(H,36,40)(H,37,38). The smallest absolute Gasteiger partial charge is 0.410 e. The largest absolute Gasteiger partial charge is 0.445 e. The van der Waals surface area contributed by atoms with Crippen LogP contribution in [0.2, 0.25) is 0 Å². The highest BCUT2D eigenvalue weighted by molar-refractivity contribution is 7.90. The second-order valence-corrected chi connectivity index (χ2v) is 14.8. The number of nitrogens with zero attached hydrogens (tertiary/aromatic N) is 2. The fourth-order valence-corrected chi connectivity index (χ4v) is 6.02. The van der Waals surface area contributed by atoms with E-state index in [1.807, 2.05) is 6.07 Å². The van der Waals surface area contributed by atoms with Crippen LogP contribution >= 0.6 is 11.3 Å². The van der Waals surface area contributed by atoms with Crippen molar-refractivity contribution in [3.8, 4) is 10.4 Å². The first-order valence-electron chi connectivity index (χ1n) is 14.7. The summed E-state index contributed by atoms with van der Waals surface area (Å²) in [5.74, 6) is -1.92. The van der Waals surface area contributed by atoms with Crippen LogP contribution in [0.5, 0.6) is 0 Å². The van der Waals surface area contributed by atoms with Crippen molar-refractivity contribution in [2.24, 2.45) is 5.73 Å². The van der Waals surface area contributed by atoms with Crippen molar-refractivity contribution < 1.29 is 37.0 Å². The quantitative estimate of drug-likeness (QED) is 0.149. The Labute approximate surface area is 281 Å². The summed E-state index contributed by atoms with van der Waals surface area (Å²) in [6, 6.07) is 19.7. The molecule has 3 amide bonds. The molecule has 4 aromatic rings. The minimum absolute atomic E-state index is 0.0431. The van der Waals surface area contributed by atoms with Crippen molar-refractivity contribution in [3.63, 3.8) is 0 Å². The van der Waals surface area contributed by atoms with Gasteiger partial charge in [-0.25, -0.2) is 22.6 Å². The molecular formula is C33H36FN5O7S2. The van der Waals surface area contributed by atoms with Crippen LogP contribution in [0.15, 0.2) is 72.8 Å². The third-order valence-electron chi connectivity index (χ3n) is 6.93. The predicted molar refractivity (Wildman–Crippen MR) is 181 cm³/mol. The van der Waals surface area contributed by atoms with Gasteiger partial charge in [0.2, 0.25) is 5.91 Å². The number of benzene rings is 2. The van der Waals surface area contributed by atoms with Crippen molar-refractivity contribution in [1.29, 1.82) is 0 Å².